The Bertz CT molecular complexity index is 474. The lowest BCUT2D eigenvalue weighted by molar-refractivity contribution is 0.163. The quantitative estimate of drug-likeness (QED) is 0.819. The first-order chi connectivity index (χ1) is 7.94. The van der Waals surface area contributed by atoms with Crippen molar-refractivity contribution in [2.24, 2.45) is 0 Å². The maximum atomic E-state index is 11.7. The van der Waals surface area contributed by atoms with Crippen molar-refractivity contribution in [1.82, 2.24) is 0 Å². The van der Waals surface area contributed by atoms with E-state index in [9.17, 15) is 8.42 Å². The smallest absolute Gasteiger partial charge is 0.235 e. The number of sulfonamides is 1. The van der Waals surface area contributed by atoms with Gasteiger partial charge in [0.15, 0.2) is 0 Å². The first-order valence-electron chi connectivity index (χ1n) is 5.29. The minimum absolute atomic E-state index is 0.0354. The van der Waals surface area contributed by atoms with Crippen LogP contribution in [-0.2, 0) is 14.8 Å². The van der Waals surface area contributed by atoms with Crippen LogP contribution in [0.5, 0.6) is 0 Å². The number of halogens is 1. The van der Waals surface area contributed by atoms with E-state index in [-0.39, 0.29) is 12.4 Å². The van der Waals surface area contributed by atoms with Crippen molar-refractivity contribution in [2.75, 3.05) is 23.7 Å². The minimum atomic E-state index is -3.33. The molecule has 1 rings (SSSR count). The fraction of sp³-hybridized carbons (Fsp3) is 0.455. The summed E-state index contributed by atoms with van der Waals surface area (Å²) < 4.78 is 31.7. The van der Waals surface area contributed by atoms with Crippen LogP contribution in [0.3, 0.4) is 0 Å². The third kappa shape index (κ3) is 5.06. The monoisotopic (exact) mass is 321 g/mol. The predicted molar refractivity (Wildman–Crippen MR) is 72.8 cm³/mol. The molecule has 4 nitrogen and oxygen atoms in total. The number of ether oxygens (including phenoxy) is 1. The molecule has 0 aliphatic rings. The van der Waals surface area contributed by atoms with E-state index in [1.54, 1.807) is 12.1 Å². The topological polar surface area (TPSA) is 55.4 Å². The molecule has 0 saturated carbocycles. The van der Waals surface area contributed by atoms with E-state index in [0.29, 0.717) is 12.3 Å². The molecule has 0 spiro atoms. The lowest BCUT2D eigenvalue weighted by atomic mass is 10.2. The second-order valence-electron chi connectivity index (χ2n) is 3.58. The zero-order chi connectivity index (χ0) is 12.9. The maximum Gasteiger partial charge on any atom is 0.235 e. The van der Waals surface area contributed by atoms with Gasteiger partial charge in [-0.3, -0.25) is 4.72 Å². The van der Waals surface area contributed by atoms with E-state index in [4.69, 9.17) is 4.74 Å². The number of rotatable bonds is 6. The van der Waals surface area contributed by atoms with Crippen molar-refractivity contribution < 1.29 is 13.2 Å². The van der Waals surface area contributed by atoms with Gasteiger partial charge in [-0.25, -0.2) is 8.42 Å². The molecule has 96 valence electrons. The Hall–Kier alpha value is -0.590. The van der Waals surface area contributed by atoms with Gasteiger partial charge in [-0.2, -0.15) is 0 Å². The fourth-order valence-electron chi connectivity index (χ4n) is 1.20. The summed E-state index contributed by atoms with van der Waals surface area (Å²) in [5.74, 6) is -0.0354. The molecule has 0 radical (unpaired) electrons. The highest BCUT2D eigenvalue weighted by Crippen LogP contribution is 2.21. The molecule has 6 heteroatoms. The average Bonchev–Trinajstić information content (AvgIpc) is 2.23. The van der Waals surface area contributed by atoms with Crippen LogP contribution in [0.25, 0.3) is 0 Å². The van der Waals surface area contributed by atoms with Crippen molar-refractivity contribution in [1.29, 1.82) is 0 Å². The maximum absolute atomic E-state index is 11.7. The molecule has 0 aliphatic heterocycles. The summed E-state index contributed by atoms with van der Waals surface area (Å²) in [7, 11) is -3.33. The Kier molecular flexibility index (Phi) is 5.42. The molecular formula is C11H16BrNO3S. The van der Waals surface area contributed by atoms with E-state index in [0.717, 1.165) is 10.0 Å². The van der Waals surface area contributed by atoms with Gasteiger partial charge in [0.25, 0.3) is 0 Å². The second kappa shape index (κ2) is 6.37. The van der Waals surface area contributed by atoms with Gasteiger partial charge in [-0.1, -0.05) is 22.0 Å². The van der Waals surface area contributed by atoms with E-state index in [1.165, 1.54) is 0 Å². The number of hydrogen-bond donors (Lipinski definition) is 1. The fourth-order valence-corrected chi connectivity index (χ4v) is 2.50. The SMILES string of the molecule is CCOCCS(=O)(=O)Nc1ccc(C)c(Br)c1. The number of benzene rings is 1. The Balaban J connectivity index is 2.66. The molecule has 0 saturated heterocycles. The van der Waals surface area contributed by atoms with Crippen LogP contribution in [0.1, 0.15) is 12.5 Å². The Morgan fingerprint density at radius 1 is 1.41 bits per heavy atom. The Labute approximate surface area is 111 Å². The minimum Gasteiger partial charge on any atom is -0.381 e. The van der Waals surface area contributed by atoms with Crippen LogP contribution in [-0.4, -0.2) is 27.4 Å². The average molecular weight is 322 g/mol. The van der Waals surface area contributed by atoms with Crippen LogP contribution in [0.2, 0.25) is 0 Å². The highest BCUT2D eigenvalue weighted by atomic mass is 79.9. The number of nitrogens with one attached hydrogen (secondary N) is 1. The van der Waals surface area contributed by atoms with Crippen LogP contribution >= 0.6 is 15.9 Å². The van der Waals surface area contributed by atoms with Gasteiger partial charge in [0.1, 0.15) is 0 Å². The molecular weight excluding hydrogens is 306 g/mol. The number of anilines is 1. The Morgan fingerprint density at radius 3 is 2.71 bits per heavy atom. The van der Waals surface area contributed by atoms with Gasteiger partial charge in [-0.05, 0) is 31.5 Å². The molecule has 0 amide bonds. The van der Waals surface area contributed by atoms with Crippen molar-refractivity contribution in [2.45, 2.75) is 13.8 Å². The van der Waals surface area contributed by atoms with Crippen molar-refractivity contribution >= 4 is 31.6 Å². The van der Waals surface area contributed by atoms with Gasteiger partial charge >= 0.3 is 0 Å². The highest BCUT2D eigenvalue weighted by molar-refractivity contribution is 9.10. The van der Waals surface area contributed by atoms with Crippen LogP contribution < -0.4 is 4.72 Å². The third-order valence-electron chi connectivity index (χ3n) is 2.15. The summed E-state index contributed by atoms with van der Waals surface area (Å²) in [6.07, 6.45) is 0. The zero-order valence-electron chi connectivity index (χ0n) is 9.86. The molecule has 17 heavy (non-hydrogen) atoms. The lowest BCUT2D eigenvalue weighted by Gasteiger charge is -2.09. The van der Waals surface area contributed by atoms with Crippen molar-refractivity contribution in [3.63, 3.8) is 0 Å². The van der Waals surface area contributed by atoms with Crippen LogP contribution in [0, 0.1) is 6.92 Å². The van der Waals surface area contributed by atoms with Gasteiger partial charge < -0.3 is 4.74 Å². The normalized spacial score (nSPS) is 11.5. The van der Waals surface area contributed by atoms with E-state index >= 15 is 0 Å². The summed E-state index contributed by atoms with van der Waals surface area (Å²) in [5, 5.41) is 0. The summed E-state index contributed by atoms with van der Waals surface area (Å²) >= 11 is 3.36. The van der Waals surface area contributed by atoms with Crippen molar-refractivity contribution in [3.8, 4) is 0 Å². The summed E-state index contributed by atoms with van der Waals surface area (Å²) in [4.78, 5) is 0. The molecule has 0 heterocycles. The van der Waals surface area contributed by atoms with Gasteiger partial charge in [-0.15, -0.1) is 0 Å². The molecule has 1 N–H and O–H groups in total. The van der Waals surface area contributed by atoms with E-state index in [1.807, 2.05) is 19.9 Å². The summed E-state index contributed by atoms with van der Waals surface area (Å²) in [6.45, 7) is 4.50. The van der Waals surface area contributed by atoms with Gasteiger partial charge in [0.05, 0.1) is 12.4 Å². The number of aryl methyl sites for hydroxylation is 1. The molecule has 0 aromatic heterocycles. The molecule has 0 bridgehead atoms. The largest absolute Gasteiger partial charge is 0.381 e. The predicted octanol–water partition coefficient (Wildman–Crippen LogP) is 2.54. The summed E-state index contributed by atoms with van der Waals surface area (Å²) in [5.41, 5.74) is 1.61. The highest BCUT2D eigenvalue weighted by Gasteiger charge is 2.10. The standard InChI is InChI=1S/C11H16BrNO3S/c1-3-16-6-7-17(14,15)13-10-5-4-9(2)11(12)8-10/h4-5,8,13H,3,6-7H2,1-2H3. The van der Waals surface area contributed by atoms with Gasteiger partial charge in [0, 0.05) is 16.8 Å². The second-order valence-corrected chi connectivity index (χ2v) is 6.28. The molecule has 0 aliphatic carbocycles. The first kappa shape index (κ1) is 14.5. The summed E-state index contributed by atoms with van der Waals surface area (Å²) in [6, 6.07) is 5.33. The molecule has 0 atom stereocenters. The Morgan fingerprint density at radius 2 is 2.12 bits per heavy atom. The molecule has 0 unspecified atom stereocenters. The van der Waals surface area contributed by atoms with Crippen molar-refractivity contribution in [3.05, 3.63) is 28.2 Å². The zero-order valence-corrected chi connectivity index (χ0v) is 12.3. The van der Waals surface area contributed by atoms with E-state index < -0.39 is 10.0 Å². The lowest BCUT2D eigenvalue weighted by Crippen LogP contribution is -2.20. The molecule has 0 fully saturated rings. The van der Waals surface area contributed by atoms with Crippen LogP contribution in [0.4, 0.5) is 5.69 Å². The van der Waals surface area contributed by atoms with Crippen LogP contribution in [0.15, 0.2) is 22.7 Å². The molecule has 1 aromatic carbocycles. The number of hydrogen-bond acceptors (Lipinski definition) is 3. The third-order valence-corrected chi connectivity index (χ3v) is 4.25. The first-order valence-corrected chi connectivity index (χ1v) is 7.73. The van der Waals surface area contributed by atoms with Gasteiger partial charge in [0.2, 0.25) is 10.0 Å². The van der Waals surface area contributed by atoms with E-state index in [2.05, 4.69) is 20.7 Å². The molecule has 1 aromatic rings.